The molecule has 2 aliphatic carbocycles. The van der Waals surface area contributed by atoms with Crippen LogP contribution in [0.4, 0.5) is 0 Å². The van der Waals surface area contributed by atoms with E-state index in [0.717, 1.165) is 25.9 Å². The highest BCUT2D eigenvalue weighted by Crippen LogP contribution is 2.44. The van der Waals surface area contributed by atoms with Crippen LogP contribution in [0.1, 0.15) is 45.4 Å². The minimum absolute atomic E-state index is 0.195. The van der Waals surface area contributed by atoms with Crippen molar-refractivity contribution in [1.82, 2.24) is 14.3 Å². The fourth-order valence-corrected chi connectivity index (χ4v) is 3.88. The molecule has 0 heterocycles. The van der Waals surface area contributed by atoms with E-state index in [9.17, 15) is 8.42 Å². The van der Waals surface area contributed by atoms with E-state index in [2.05, 4.69) is 17.0 Å². The molecule has 0 aromatic rings. The van der Waals surface area contributed by atoms with Gasteiger partial charge in [0.1, 0.15) is 0 Å². The Morgan fingerprint density at radius 1 is 1.15 bits per heavy atom. The van der Waals surface area contributed by atoms with Crippen molar-refractivity contribution in [2.24, 2.45) is 11.8 Å². The van der Waals surface area contributed by atoms with Gasteiger partial charge in [-0.05, 0) is 63.5 Å². The maximum Gasteiger partial charge on any atom is 0.279 e. The van der Waals surface area contributed by atoms with Gasteiger partial charge in [0.15, 0.2) is 0 Å². The number of hydrogen-bond acceptors (Lipinski definition) is 3. The molecule has 2 saturated carbocycles. The van der Waals surface area contributed by atoms with Crippen molar-refractivity contribution in [2.75, 3.05) is 26.7 Å². The van der Waals surface area contributed by atoms with Gasteiger partial charge in [-0.15, -0.1) is 0 Å². The van der Waals surface area contributed by atoms with E-state index >= 15 is 0 Å². The molecular formula is C14H29N3O2S. The summed E-state index contributed by atoms with van der Waals surface area (Å²) in [5.41, 5.74) is 0. The number of nitrogens with zero attached hydrogens (tertiary/aromatic N) is 1. The first kappa shape index (κ1) is 16.2. The van der Waals surface area contributed by atoms with E-state index in [1.807, 2.05) is 0 Å². The van der Waals surface area contributed by atoms with E-state index in [-0.39, 0.29) is 6.04 Å². The van der Waals surface area contributed by atoms with Crippen LogP contribution in [-0.4, -0.2) is 45.4 Å². The van der Waals surface area contributed by atoms with Crippen LogP contribution in [-0.2, 0) is 10.2 Å². The maximum atomic E-state index is 12.3. The zero-order valence-electron chi connectivity index (χ0n) is 12.8. The lowest BCUT2D eigenvalue weighted by molar-refractivity contribution is 0.413. The molecule has 0 bridgehead atoms. The number of nitrogens with one attached hydrogen (secondary N) is 2. The Morgan fingerprint density at radius 2 is 1.75 bits per heavy atom. The normalized spacial score (nSPS) is 20.0. The summed E-state index contributed by atoms with van der Waals surface area (Å²) in [5.74, 6) is 1.19. The zero-order chi connectivity index (χ0) is 14.6. The average Bonchev–Trinajstić information content (AvgIpc) is 3.29. The Hall–Kier alpha value is -0.170. The minimum atomic E-state index is -3.31. The van der Waals surface area contributed by atoms with E-state index < -0.39 is 10.2 Å². The second kappa shape index (κ2) is 7.20. The average molecular weight is 303 g/mol. The van der Waals surface area contributed by atoms with Crippen LogP contribution in [0.25, 0.3) is 0 Å². The predicted octanol–water partition coefficient (Wildman–Crippen LogP) is 1.33. The smallest absolute Gasteiger partial charge is 0.279 e. The number of rotatable bonds is 11. The van der Waals surface area contributed by atoms with Gasteiger partial charge in [0.2, 0.25) is 0 Å². The third-order valence-corrected chi connectivity index (χ3v) is 5.78. The highest BCUT2D eigenvalue weighted by Gasteiger charge is 2.43. The Bertz CT molecular complexity index is 379. The molecule has 2 rings (SSSR count). The molecule has 118 valence electrons. The molecule has 2 fully saturated rings. The Balaban J connectivity index is 1.73. The van der Waals surface area contributed by atoms with Crippen LogP contribution in [0.5, 0.6) is 0 Å². The summed E-state index contributed by atoms with van der Waals surface area (Å²) < 4.78 is 29.1. The quantitative estimate of drug-likeness (QED) is 0.566. The largest absolute Gasteiger partial charge is 0.317 e. The Morgan fingerprint density at radius 3 is 2.25 bits per heavy atom. The summed E-state index contributed by atoms with van der Waals surface area (Å²) in [7, 11) is -1.63. The third kappa shape index (κ3) is 4.98. The zero-order valence-corrected chi connectivity index (χ0v) is 13.6. The second-order valence-electron chi connectivity index (χ2n) is 6.25. The molecule has 0 amide bonds. The van der Waals surface area contributed by atoms with Crippen LogP contribution in [0.2, 0.25) is 0 Å². The summed E-state index contributed by atoms with van der Waals surface area (Å²) in [5, 5.41) is 3.30. The van der Waals surface area contributed by atoms with E-state index in [0.29, 0.717) is 18.4 Å². The molecule has 0 radical (unpaired) electrons. The van der Waals surface area contributed by atoms with E-state index in [1.54, 1.807) is 7.05 Å². The molecule has 0 atom stereocenters. The lowest BCUT2D eigenvalue weighted by atomic mass is 10.1. The van der Waals surface area contributed by atoms with Crippen molar-refractivity contribution in [3.8, 4) is 0 Å². The molecule has 20 heavy (non-hydrogen) atoms. The highest BCUT2D eigenvalue weighted by molar-refractivity contribution is 7.87. The van der Waals surface area contributed by atoms with Crippen molar-refractivity contribution < 1.29 is 8.42 Å². The molecule has 0 spiro atoms. The van der Waals surface area contributed by atoms with Gasteiger partial charge in [0, 0.05) is 19.6 Å². The topological polar surface area (TPSA) is 61.4 Å². The molecule has 6 heteroatoms. The molecule has 0 aromatic carbocycles. The van der Waals surface area contributed by atoms with E-state index in [1.165, 1.54) is 30.0 Å². The summed E-state index contributed by atoms with van der Waals surface area (Å²) >= 11 is 0. The van der Waals surface area contributed by atoms with Crippen molar-refractivity contribution in [3.05, 3.63) is 0 Å². The predicted molar refractivity (Wildman–Crippen MR) is 81.7 cm³/mol. The van der Waals surface area contributed by atoms with Gasteiger partial charge < -0.3 is 5.32 Å². The van der Waals surface area contributed by atoms with Gasteiger partial charge in [0.25, 0.3) is 10.2 Å². The molecule has 0 unspecified atom stereocenters. The summed E-state index contributed by atoms with van der Waals surface area (Å²) in [6.45, 7) is 4.58. The molecule has 2 N–H and O–H groups in total. The number of hydrogen-bond donors (Lipinski definition) is 2. The van der Waals surface area contributed by atoms with Crippen LogP contribution in [0.3, 0.4) is 0 Å². The Labute approximate surface area is 123 Å². The summed E-state index contributed by atoms with van der Waals surface area (Å²) in [6, 6.07) is 0.195. The first-order valence-corrected chi connectivity index (χ1v) is 9.43. The summed E-state index contributed by atoms with van der Waals surface area (Å²) in [4.78, 5) is 0. The molecule has 0 saturated heterocycles. The molecule has 0 aromatic heterocycles. The van der Waals surface area contributed by atoms with Crippen molar-refractivity contribution >= 4 is 10.2 Å². The van der Waals surface area contributed by atoms with Crippen molar-refractivity contribution in [2.45, 2.75) is 51.5 Å². The lowest BCUT2D eigenvalue weighted by Gasteiger charge is -2.23. The first-order valence-electron chi connectivity index (χ1n) is 7.99. The molecule has 2 aliphatic rings. The van der Waals surface area contributed by atoms with Crippen LogP contribution < -0.4 is 10.0 Å². The van der Waals surface area contributed by atoms with Gasteiger partial charge in [-0.1, -0.05) is 6.92 Å². The highest BCUT2D eigenvalue weighted by atomic mass is 32.2. The second-order valence-corrected chi connectivity index (χ2v) is 8.06. The summed E-state index contributed by atoms with van der Waals surface area (Å²) in [6.07, 6.45) is 6.72. The van der Waals surface area contributed by atoms with Gasteiger partial charge in [-0.3, -0.25) is 0 Å². The first-order chi connectivity index (χ1) is 9.54. The van der Waals surface area contributed by atoms with Crippen LogP contribution >= 0.6 is 0 Å². The molecular weight excluding hydrogens is 274 g/mol. The Kier molecular flexibility index (Phi) is 5.84. The fraction of sp³-hybridized carbons (Fsp3) is 1.00. The standard InChI is InChI=1S/C14H29N3O2S/c1-3-9-15-10-4-11-17(2)20(18,19)16-14(12-5-6-12)13-7-8-13/h12-16H,3-11H2,1-2H3. The fourth-order valence-electron chi connectivity index (χ4n) is 2.60. The third-order valence-electron chi connectivity index (χ3n) is 4.21. The molecule has 5 nitrogen and oxygen atoms in total. The van der Waals surface area contributed by atoms with E-state index in [4.69, 9.17) is 0 Å². The van der Waals surface area contributed by atoms with Crippen LogP contribution in [0.15, 0.2) is 0 Å². The lowest BCUT2D eigenvalue weighted by Crippen LogP contribution is -2.46. The van der Waals surface area contributed by atoms with Crippen molar-refractivity contribution in [3.63, 3.8) is 0 Å². The van der Waals surface area contributed by atoms with Gasteiger partial charge >= 0.3 is 0 Å². The maximum absolute atomic E-state index is 12.3. The van der Waals surface area contributed by atoms with Gasteiger partial charge in [-0.2, -0.15) is 17.4 Å². The monoisotopic (exact) mass is 303 g/mol. The van der Waals surface area contributed by atoms with Crippen molar-refractivity contribution in [1.29, 1.82) is 0 Å². The SMILES string of the molecule is CCCNCCCN(C)S(=O)(=O)NC(C1CC1)C1CC1. The van der Waals surface area contributed by atoms with Gasteiger partial charge in [0.05, 0.1) is 0 Å². The molecule has 0 aliphatic heterocycles. The van der Waals surface area contributed by atoms with Crippen LogP contribution in [0, 0.1) is 11.8 Å². The van der Waals surface area contributed by atoms with Gasteiger partial charge in [-0.25, -0.2) is 0 Å². The minimum Gasteiger partial charge on any atom is -0.317 e.